The minimum absolute atomic E-state index is 0.116. The van der Waals surface area contributed by atoms with Crippen molar-refractivity contribution in [2.75, 3.05) is 14.1 Å². The van der Waals surface area contributed by atoms with Crippen LogP contribution in [0.1, 0.15) is 17.7 Å². The van der Waals surface area contributed by atoms with E-state index in [0.717, 1.165) is 14.7 Å². The van der Waals surface area contributed by atoms with Crippen LogP contribution >= 0.6 is 0 Å². The molecule has 2 aromatic heterocycles. The molecule has 3 rings (SSSR count). The van der Waals surface area contributed by atoms with Crippen LogP contribution in [0.3, 0.4) is 0 Å². The van der Waals surface area contributed by atoms with Crippen molar-refractivity contribution in [3.8, 4) is 17.4 Å². The first-order valence-corrected chi connectivity index (χ1v) is 8.37. The molecule has 0 radical (unpaired) electrons. The lowest BCUT2D eigenvalue weighted by Gasteiger charge is -2.13. The summed E-state index contributed by atoms with van der Waals surface area (Å²) in [5.74, 6) is -0.234. The predicted molar refractivity (Wildman–Crippen MR) is 85.1 cm³/mol. The molecule has 0 bridgehead atoms. The monoisotopic (exact) mass is 366 g/mol. The summed E-state index contributed by atoms with van der Waals surface area (Å²) in [6.07, 6.45) is -0.834. The fraction of sp³-hybridized carbons (Fsp3) is 0.200. The van der Waals surface area contributed by atoms with Crippen molar-refractivity contribution in [2.24, 2.45) is 0 Å². The summed E-state index contributed by atoms with van der Waals surface area (Å²) < 4.78 is 58.4. The summed E-state index contributed by atoms with van der Waals surface area (Å²) in [5, 5.41) is 9.37. The third-order valence-electron chi connectivity index (χ3n) is 3.66. The largest absolute Gasteiger partial charge is 0.443 e. The zero-order valence-corrected chi connectivity index (χ0v) is 14.0. The average molecular weight is 366 g/mol. The van der Waals surface area contributed by atoms with Crippen molar-refractivity contribution in [2.45, 2.75) is 6.43 Å². The number of aromatic nitrogens is 2. The molecule has 7 nitrogen and oxygen atoms in total. The number of fused-ring (bicyclic) bond motifs is 1. The summed E-state index contributed by atoms with van der Waals surface area (Å²) in [7, 11) is -1.21. The zero-order valence-electron chi connectivity index (χ0n) is 13.1. The summed E-state index contributed by atoms with van der Waals surface area (Å²) in [5.41, 5.74) is 0.0140. The van der Waals surface area contributed by atoms with Crippen molar-refractivity contribution in [3.05, 3.63) is 42.0 Å². The number of hydrogen-bond acceptors (Lipinski definition) is 5. The summed E-state index contributed by atoms with van der Waals surface area (Å²) in [4.78, 5) is 3.50. The molecule has 0 aliphatic carbocycles. The highest BCUT2D eigenvalue weighted by Crippen LogP contribution is 2.37. The van der Waals surface area contributed by atoms with E-state index in [4.69, 9.17) is 9.68 Å². The lowest BCUT2D eigenvalue weighted by molar-refractivity contribution is 0.147. The number of nitrogens with zero attached hydrogens (tertiary/aromatic N) is 4. The highest BCUT2D eigenvalue weighted by molar-refractivity contribution is 7.87. The van der Waals surface area contributed by atoms with Gasteiger partial charge < -0.3 is 4.42 Å². The quantitative estimate of drug-likeness (QED) is 0.708. The lowest BCUT2D eigenvalue weighted by Crippen LogP contribution is -2.28. The van der Waals surface area contributed by atoms with Gasteiger partial charge in [-0.1, -0.05) is 0 Å². The Morgan fingerprint density at radius 1 is 1.36 bits per heavy atom. The highest BCUT2D eigenvalue weighted by atomic mass is 32.2. The molecule has 0 fully saturated rings. The van der Waals surface area contributed by atoms with Gasteiger partial charge in [0.05, 0.1) is 17.1 Å². The average Bonchev–Trinajstić information content (AvgIpc) is 3.18. The Morgan fingerprint density at radius 3 is 2.68 bits per heavy atom. The molecule has 0 saturated carbocycles. The second-order valence-electron chi connectivity index (χ2n) is 5.34. The lowest BCUT2D eigenvalue weighted by atomic mass is 10.1. The molecular weight excluding hydrogens is 354 g/mol. The molecule has 10 heteroatoms. The fourth-order valence-corrected chi connectivity index (χ4v) is 3.43. The molecule has 2 heterocycles. The molecule has 0 aliphatic rings. The van der Waals surface area contributed by atoms with Crippen molar-refractivity contribution in [3.63, 3.8) is 0 Å². The maximum absolute atomic E-state index is 13.2. The van der Waals surface area contributed by atoms with Crippen LogP contribution in [0.4, 0.5) is 8.78 Å². The van der Waals surface area contributed by atoms with E-state index in [2.05, 4.69) is 4.98 Å². The molecule has 130 valence electrons. The van der Waals surface area contributed by atoms with Crippen LogP contribution in [0.2, 0.25) is 0 Å². The molecule has 0 atom stereocenters. The van der Waals surface area contributed by atoms with E-state index in [1.807, 2.05) is 6.07 Å². The van der Waals surface area contributed by atoms with Crippen molar-refractivity contribution in [1.29, 1.82) is 5.26 Å². The number of rotatable bonds is 4. The van der Waals surface area contributed by atoms with Gasteiger partial charge >= 0.3 is 10.2 Å². The first kappa shape index (κ1) is 17.1. The molecule has 0 N–H and O–H groups in total. The van der Waals surface area contributed by atoms with Gasteiger partial charge in [0.15, 0.2) is 17.8 Å². The Hall–Kier alpha value is -2.77. The molecule has 0 saturated heterocycles. The number of alkyl halides is 2. The van der Waals surface area contributed by atoms with Crippen LogP contribution in [-0.2, 0) is 10.2 Å². The second kappa shape index (κ2) is 5.94. The number of hydrogen-bond donors (Lipinski definition) is 0. The number of halogens is 2. The smallest absolute Gasteiger partial charge is 0.307 e. The molecule has 0 unspecified atom stereocenters. The van der Waals surface area contributed by atoms with Crippen LogP contribution < -0.4 is 0 Å². The molecule has 0 spiro atoms. The van der Waals surface area contributed by atoms with Gasteiger partial charge in [0.25, 0.3) is 6.43 Å². The zero-order chi connectivity index (χ0) is 18.4. The number of benzene rings is 1. The molecule has 3 aromatic rings. The van der Waals surface area contributed by atoms with E-state index in [1.165, 1.54) is 38.5 Å². The van der Waals surface area contributed by atoms with Crippen LogP contribution in [0.5, 0.6) is 0 Å². The van der Waals surface area contributed by atoms with Crippen LogP contribution in [0.15, 0.2) is 35.2 Å². The van der Waals surface area contributed by atoms with Gasteiger partial charge in [-0.05, 0) is 18.2 Å². The van der Waals surface area contributed by atoms with Crippen LogP contribution in [0.25, 0.3) is 22.2 Å². The van der Waals surface area contributed by atoms with Gasteiger partial charge in [-0.2, -0.15) is 18.0 Å². The molecular formula is C15H12F2N4O3S. The Kier molecular flexibility index (Phi) is 4.06. The van der Waals surface area contributed by atoms with Gasteiger partial charge in [-0.15, -0.1) is 0 Å². The van der Waals surface area contributed by atoms with Crippen molar-refractivity contribution >= 4 is 21.1 Å². The Morgan fingerprint density at radius 2 is 2.08 bits per heavy atom. The standard InChI is InChI=1S/C15H12F2N4O3S/c1-20(2)25(22,23)21-7-11(14-13(15(16)17)19-8-24-14)10-5-9(6-18)3-4-12(10)21/h3-5,7-8,15H,1-2H3. The van der Waals surface area contributed by atoms with Gasteiger partial charge in [-0.25, -0.2) is 17.7 Å². The summed E-state index contributed by atoms with van der Waals surface area (Å²) in [6.45, 7) is 0. The van der Waals surface area contributed by atoms with E-state index in [9.17, 15) is 17.2 Å². The van der Waals surface area contributed by atoms with E-state index in [-0.39, 0.29) is 22.4 Å². The normalized spacial score (nSPS) is 12.2. The maximum Gasteiger partial charge on any atom is 0.307 e. The van der Waals surface area contributed by atoms with Gasteiger partial charge in [0.2, 0.25) is 0 Å². The topological polar surface area (TPSA) is 92.1 Å². The van der Waals surface area contributed by atoms with E-state index in [0.29, 0.717) is 5.39 Å². The number of nitriles is 1. The fourth-order valence-electron chi connectivity index (χ4n) is 2.43. The Labute approximate surface area is 141 Å². The first-order valence-electron chi connectivity index (χ1n) is 6.97. The Balaban J connectivity index is 2.40. The second-order valence-corrected chi connectivity index (χ2v) is 7.36. The van der Waals surface area contributed by atoms with Crippen molar-refractivity contribution < 1.29 is 21.6 Å². The highest BCUT2D eigenvalue weighted by Gasteiger charge is 2.27. The molecule has 25 heavy (non-hydrogen) atoms. The molecule has 0 aliphatic heterocycles. The Bertz CT molecular complexity index is 1090. The van der Waals surface area contributed by atoms with Gasteiger partial charge in [0, 0.05) is 31.2 Å². The van der Waals surface area contributed by atoms with Crippen LogP contribution in [-0.4, -0.2) is 35.8 Å². The van der Waals surface area contributed by atoms with E-state index in [1.54, 1.807) is 0 Å². The third-order valence-corrected chi connectivity index (χ3v) is 5.38. The van der Waals surface area contributed by atoms with Gasteiger partial charge in [-0.3, -0.25) is 0 Å². The van der Waals surface area contributed by atoms with E-state index < -0.39 is 22.3 Å². The van der Waals surface area contributed by atoms with E-state index >= 15 is 0 Å². The first-order chi connectivity index (χ1) is 11.8. The molecule has 0 amide bonds. The van der Waals surface area contributed by atoms with Crippen molar-refractivity contribution in [1.82, 2.24) is 13.3 Å². The SMILES string of the molecule is CN(C)S(=O)(=O)n1cc(-c2ocnc2C(F)F)c2cc(C#N)ccc21. The third kappa shape index (κ3) is 2.67. The predicted octanol–water partition coefficient (Wildman–Crippen LogP) is 2.76. The summed E-state index contributed by atoms with van der Waals surface area (Å²) >= 11 is 0. The van der Waals surface area contributed by atoms with Crippen LogP contribution in [0, 0.1) is 11.3 Å². The van der Waals surface area contributed by atoms with Gasteiger partial charge in [0.1, 0.15) is 0 Å². The number of oxazole rings is 1. The maximum atomic E-state index is 13.2. The molecule has 1 aromatic carbocycles. The minimum Gasteiger partial charge on any atom is -0.443 e. The summed E-state index contributed by atoms with van der Waals surface area (Å²) in [6, 6.07) is 6.24. The minimum atomic E-state index is -3.91.